The molecule has 0 aromatic heterocycles. The van der Waals surface area contributed by atoms with Crippen molar-refractivity contribution in [2.75, 3.05) is 13.2 Å². The molecule has 0 aromatic carbocycles. The van der Waals surface area contributed by atoms with Crippen LogP contribution in [0.2, 0.25) is 0 Å². The lowest BCUT2D eigenvalue weighted by Crippen LogP contribution is -3.00. The summed E-state index contributed by atoms with van der Waals surface area (Å²) in [7, 11) is 0. The quantitative estimate of drug-likeness (QED) is 0.253. The number of carbonyl (C=O) groups is 1. The van der Waals surface area contributed by atoms with Gasteiger partial charge < -0.3 is 22.9 Å². The predicted molar refractivity (Wildman–Crippen MR) is 108 cm³/mol. The van der Waals surface area contributed by atoms with Gasteiger partial charge in [0.05, 0.1) is 0 Å². The lowest BCUT2D eigenvalue weighted by molar-refractivity contribution is -0.143. The second-order valence-corrected chi connectivity index (χ2v) is 5.99. The van der Waals surface area contributed by atoms with E-state index in [0.29, 0.717) is 19.6 Å². The summed E-state index contributed by atoms with van der Waals surface area (Å²) >= 11 is 0. The maximum atomic E-state index is 11.2. The van der Waals surface area contributed by atoms with Gasteiger partial charge in [-0.2, -0.15) is 0 Å². The monoisotopic (exact) mass is 382 g/mol. The number of unbranched alkanes of at least 4 members (excludes halogenated alkanes) is 4. The van der Waals surface area contributed by atoms with Crippen molar-refractivity contribution in [3.05, 3.63) is 48.6 Å². The van der Waals surface area contributed by atoms with E-state index in [0.717, 1.165) is 32.1 Å². The van der Waals surface area contributed by atoms with Crippen molar-refractivity contribution in [1.82, 2.24) is 0 Å². The van der Waals surface area contributed by atoms with Gasteiger partial charge in [-0.1, -0.05) is 68.4 Å². The smallest absolute Gasteiger partial charge is 0.305 e. The highest BCUT2D eigenvalue weighted by molar-refractivity contribution is 5.69. The second-order valence-electron chi connectivity index (χ2n) is 5.99. The van der Waals surface area contributed by atoms with Crippen molar-refractivity contribution in [3.63, 3.8) is 0 Å². The molecule has 0 aliphatic heterocycles. The highest BCUT2D eigenvalue weighted by Gasteiger charge is 1.99. The van der Waals surface area contributed by atoms with Gasteiger partial charge in [-0.05, 0) is 44.9 Å². The van der Waals surface area contributed by atoms with E-state index in [1.807, 2.05) is 0 Å². The molecule has 0 rings (SSSR count). The van der Waals surface area contributed by atoms with E-state index in [1.54, 1.807) is 0 Å². The fraction of sp³-hybridized carbons (Fsp3) is 0.591. The molecule has 0 fully saturated rings. The summed E-state index contributed by atoms with van der Waals surface area (Å²) in [5.74, 6) is -0.152. The molecule has 26 heavy (non-hydrogen) atoms. The molecule has 0 heterocycles. The van der Waals surface area contributed by atoms with E-state index in [9.17, 15) is 4.79 Å². The Bertz CT molecular complexity index is 414. The third-order valence-corrected chi connectivity index (χ3v) is 3.59. The highest BCUT2D eigenvalue weighted by atomic mass is 35.5. The molecule has 0 aliphatic rings. The first-order chi connectivity index (χ1) is 12.3. The van der Waals surface area contributed by atoms with Crippen LogP contribution in [-0.2, 0) is 9.53 Å². The van der Waals surface area contributed by atoms with Crippen LogP contribution in [0, 0.1) is 0 Å². The van der Waals surface area contributed by atoms with Gasteiger partial charge >= 0.3 is 5.97 Å². The molecule has 0 saturated carbocycles. The number of nitrogens with two attached hydrogens (primary N) is 1. The summed E-state index contributed by atoms with van der Waals surface area (Å²) in [6, 6.07) is 0. The van der Waals surface area contributed by atoms with Gasteiger partial charge in [0.15, 0.2) is 0 Å². The lowest BCUT2D eigenvalue weighted by Gasteiger charge is -2.00. The number of ether oxygens (including phenoxy) is 1. The zero-order valence-corrected chi connectivity index (χ0v) is 17.1. The van der Waals surface area contributed by atoms with Crippen molar-refractivity contribution in [2.24, 2.45) is 5.73 Å². The second kappa shape index (κ2) is 23.7. The van der Waals surface area contributed by atoms with Gasteiger partial charge in [-0.25, -0.2) is 0 Å². The van der Waals surface area contributed by atoms with Crippen molar-refractivity contribution in [3.8, 4) is 0 Å². The van der Waals surface area contributed by atoms with Crippen molar-refractivity contribution in [1.29, 1.82) is 0 Å². The zero-order chi connectivity index (χ0) is 18.4. The van der Waals surface area contributed by atoms with Gasteiger partial charge in [0, 0.05) is 13.0 Å². The molecule has 0 unspecified atom stereocenters. The van der Waals surface area contributed by atoms with E-state index in [1.165, 1.54) is 25.7 Å². The van der Waals surface area contributed by atoms with Crippen LogP contribution in [0.15, 0.2) is 48.6 Å². The summed E-state index contributed by atoms with van der Waals surface area (Å²) in [5, 5.41) is 0. The van der Waals surface area contributed by atoms with Crippen LogP contribution < -0.4 is 18.1 Å². The Kier molecular flexibility index (Phi) is 24.5. The van der Waals surface area contributed by atoms with Crippen LogP contribution in [0.4, 0.5) is 0 Å². The number of hydrogen-bond donors (Lipinski definition) is 1. The molecule has 0 atom stereocenters. The lowest BCUT2D eigenvalue weighted by atomic mass is 10.2. The molecule has 0 saturated heterocycles. The number of carbonyl (C=O) groups excluding carboxylic acids is 1. The van der Waals surface area contributed by atoms with Crippen molar-refractivity contribution >= 4 is 5.97 Å². The number of hydrogen-bond acceptors (Lipinski definition) is 3. The van der Waals surface area contributed by atoms with E-state index in [2.05, 4.69) is 55.5 Å². The molecule has 2 N–H and O–H groups in total. The predicted octanol–water partition coefficient (Wildman–Crippen LogP) is 2.64. The Labute approximate surface area is 166 Å². The molecule has 3 nitrogen and oxygen atoms in total. The van der Waals surface area contributed by atoms with Crippen LogP contribution in [0.1, 0.15) is 71.1 Å². The molecular formula is C22H37ClNO2-. The van der Waals surface area contributed by atoms with E-state index in [-0.39, 0.29) is 18.4 Å². The van der Waals surface area contributed by atoms with E-state index < -0.39 is 0 Å². The average molecular weight is 383 g/mol. The van der Waals surface area contributed by atoms with E-state index in [4.69, 9.17) is 10.5 Å². The third-order valence-electron chi connectivity index (χ3n) is 3.59. The normalized spacial score (nSPS) is 11.8. The van der Waals surface area contributed by atoms with Crippen molar-refractivity contribution in [2.45, 2.75) is 71.1 Å². The fourth-order valence-electron chi connectivity index (χ4n) is 2.17. The third kappa shape index (κ3) is 22.7. The molecule has 0 amide bonds. The van der Waals surface area contributed by atoms with Gasteiger partial charge in [0.25, 0.3) is 0 Å². The topological polar surface area (TPSA) is 52.3 Å². The van der Waals surface area contributed by atoms with Crippen LogP contribution in [0.3, 0.4) is 0 Å². The van der Waals surface area contributed by atoms with Crippen LogP contribution in [0.25, 0.3) is 0 Å². The highest BCUT2D eigenvalue weighted by Crippen LogP contribution is 2.02. The molecule has 0 aliphatic carbocycles. The number of esters is 1. The Morgan fingerprint density at radius 3 is 1.81 bits per heavy atom. The zero-order valence-electron chi connectivity index (χ0n) is 16.4. The SMILES string of the molecule is CCCCC/C=C\C/C=C\C/C=C\C/C=C\CCCC(=O)OCCN.[Cl-]. The van der Waals surface area contributed by atoms with Gasteiger partial charge in [-0.15, -0.1) is 0 Å². The largest absolute Gasteiger partial charge is 1.00 e. The molecule has 0 bridgehead atoms. The average Bonchev–Trinajstić information content (AvgIpc) is 2.62. The molecule has 0 spiro atoms. The summed E-state index contributed by atoms with van der Waals surface area (Å²) in [5.41, 5.74) is 5.27. The minimum Gasteiger partial charge on any atom is -1.00 e. The first kappa shape index (κ1) is 26.9. The van der Waals surface area contributed by atoms with E-state index >= 15 is 0 Å². The van der Waals surface area contributed by atoms with Crippen LogP contribution in [-0.4, -0.2) is 19.1 Å². The maximum absolute atomic E-state index is 11.2. The number of halogens is 1. The molecule has 150 valence electrons. The van der Waals surface area contributed by atoms with Gasteiger partial charge in [-0.3, -0.25) is 4.79 Å². The molecule has 4 heteroatoms. The first-order valence-corrected chi connectivity index (χ1v) is 9.77. The standard InChI is InChI=1S/C22H37NO2.ClH/c1-2-3-4-5-6-7-8-9-10-11-12-13-14-15-16-17-18-19-22(24)25-21-20-23;/h6-7,9-10,12-13,15-16H,2-5,8,11,14,17-21,23H2,1H3;1H/p-1/b7-6-,10-9-,13-12-,16-15-;. The minimum absolute atomic E-state index is 0. The summed E-state index contributed by atoms with van der Waals surface area (Å²) in [6.45, 7) is 2.95. The molecular weight excluding hydrogens is 346 g/mol. The van der Waals surface area contributed by atoms with Crippen molar-refractivity contribution < 1.29 is 21.9 Å². The Morgan fingerprint density at radius 1 is 0.808 bits per heavy atom. The van der Waals surface area contributed by atoms with Crippen LogP contribution >= 0.6 is 0 Å². The summed E-state index contributed by atoms with van der Waals surface area (Å²) in [4.78, 5) is 11.2. The summed E-state index contributed by atoms with van der Waals surface area (Å²) in [6.07, 6.45) is 27.9. The minimum atomic E-state index is -0.152. The number of rotatable bonds is 16. The Morgan fingerprint density at radius 2 is 1.31 bits per heavy atom. The first-order valence-electron chi connectivity index (χ1n) is 9.77. The number of allylic oxidation sites excluding steroid dienone is 8. The fourth-order valence-corrected chi connectivity index (χ4v) is 2.17. The molecule has 0 radical (unpaired) electrons. The summed E-state index contributed by atoms with van der Waals surface area (Å²) < 4.78 is 4.91. The van der Waals surface area contributed by atoms with Gasteiger partial charge in [0.2, 0.25) is 0 Å². The van der Waals surface area contributed by atoms with Crippen LogP contribution in [0.5, 0.6) is 0 Å². The maximum Gasteiger partial charge on any atom is 0.305 e. The Balaban J connectivity index is 0. The van der Waals surface area contributed by atoms with Gasteiger partial charge in [0.1, 0.15) is 6.61 Å². The Hall–Kier alpha value is -1.32. The molecule has 0 aromatic rings.